The highest BCUT2D eigenvalue weighted by atomic mass is 16.4. The highest BCUT2D eigenvalue weighted by molar-refractivity contribution is 5.92. The molecule has 0 unspecified atom stereocenters. The zero-order chi connectivity index (χ0) is 12.1. The van der Waals surface area contributed by atoms with Crippen LogP contribution in [0.1, 0.15) is 33.6 Å². The summed E-state index contributed by atoms with van der Waals surface area (Å²) in [7, 11) is 0. The number of hydrogen-bond acceptors (Lipinski definition) is 2. The maximum Gasteiger partial charge on any atom is 0.333 e. The summed E-state index contributed by atoms with van der Waals surface area (Å²) in [4.78, 5) is 11.1. The van der Waals surface area contributed by atoms with Gasteiger partial charge in [0, 0.05) is 18.3 Å². The Morgan fingerprint density at radius 3 is 2.44 bits per heavy atom. The van der Waals surface area contributed by atoms with Crippen molar-refractivity contribution in [2.75, 3.05) is 0 Å². The van der Waals surface area contributed by atoms with Crippen LogP contribution in [0.5, 0.6) is 0 Å². The van der Waals surface area contributed by atoms with Crippen molar-refractivity contribution < 1.29 is 9.90 Å². The Bertz CT molecular complexity index is 376. The van der Waals surface area contributed by atoms with E-state index in [1.165, 1.54) is 0 Å². The van der Waals surface area contributed by atoms with Gasteiger partial charge >= 0.3 is 5.97 Å². The third kappa shape index (κ3) is 2.51. The van der Waals surface area contributed by atoms with Crippen LogP contribution >= 0.6 is 0 Å². The minimum Gasteiger partial charge on any atom is -0.478 e. The Morgan fingerprint density at radius 2 is 2.06 bits per heavy atom. The van der Waals surface area contributed by atoms with Crippen LogP contribution in [0.2, 0.25) is 0 Å². The van der Waals surface area contributed by atoms with Gasteiger partial charge in [0.1, 0.15) is 0 Å². The molecule has 1 rings (SSSR count). The van der Waals surface area contributed by atoms with Crippen molar-refractivity contribution in [1.29, 1.82) is 0 Å². The molecule has 16 heavy (non-hydrogen) atoms. The molecule has 0 spiro atoms. The molecule has 0 aliphatic carbocycles. The fraction of sp³-hybridized carbons (Fsp3) is 0.500. The van der Waals surface area contributed by atoms with Crippen molar-refractivity contribution in [3.05, 3.63) is 24.0 Å². The fourth-order valence-corrected chi connectivity index (χ4v) is 1.86. The van der Waals surface area contributed by atoms with Crippen molar-refractivity contribution >= 4 is 11.7 Å². The molecule has 0 aliphatic rings. The zero-order valence-corrected chi connectivity index (χ0v) is 9.97. The predicted molar refractivity (Wildman–Crippen MR) is 62.8 cm³/mol. The van der Waals surface area contributed by atoms with E-state index in [0.717, 1.165) is 18.5 Å². The summed E-state index contributed by atoms with van der Waals surface area (Å²) >= 11 is 0. The second-order valence-electron chi connectivity index (χ2n) is 3.78. The van der Waals surface area contributed by atoms with Crippen molar-refractivity contribution in [3.63, 3.8) is 0 Å². The summed E-state index contributed by atoms with van der Waals surface area (Å²) in [5.74, 6) is -0.645. The third-order valence-electron chi connectivity index (χ3n) is 2.83. The number of allylic oxidation sites excluding steroid dienone is 1. The number of carbonyl (C=O) groups is 1. The van der Waals surface area contributed by atoms with E-state index < -0.39 is 5.97 Å². The molecular formula is C12H18N2O2. The molecule has 4 nitrogen and oxygen atoms in total. The summed E-state index contributed by atoms with van der Waals surface area (Å²) in [6, 6.07) is 1.80. The Balaban J connectivity index is 3.23. The number of aromatic nitrogens is 2. The predicted octanol–water partition coefficient (Wildman–Crippen LogP) is 2.63. The molecule has 4 heteroatoms. The molecule has 0 radical (unpaired) electrons. The molecule has 1 N–H and O–H groups in total. The van der Waals surface area contributed by atoms with E-state index in [9.17, 15) is 4.79 Å². The number of rotatable bonds is 5. The summed E-state index contributed by atoms with van der Waals surface area (Å²) in [6.07, 6.45) is 5.28. The van der Waals surface area contributed by atoms with Gasteiger partial charge in [-0.1, -0.05) is 13.8 Å². The number of aliphatic carboxylic acids is 1. The smallest absolute Gasteiger partial charge is 0.333 e. The lowest BCUT2D eigenvalue weighted by Crippen LogP contribution is -2.14. The number of carboxylic acid groups (broad SMARTS) is 1. The lowest BCUT2D eigenvalue weighted by atomic mass is 9.96. The largest absolute Gasteiger partial charge is 0.478 e. The molecule has 1 aromatic heterocycles. The number of hydrogen-bond donors (Lipinski definition) is 1. The summed E-state index contributed by atoms with van der Waals surface area (Å²) in [6.45, 7) is 5.76. The average Bonchev–Trinajstić information content (AvgIpc) is 2.77. The molecule has 0 amide bonds. The van der Waals surface area contributed by atoms with Crippen molar-refractivity contribution in [2.24, 2.45) is 5.92 Å². The Kier molecular flexibility index (Phi) is 4.28. The second-order valence-corrected chi connectivity index (χ2v) is 3.78. The maximum absolute atomic E-state index is 11.1. The van der Waals surface area contributed by atoms with Crippen molar-refractivity contribution in [3.8, 4) is 0 Å². The maximum atomic E-state index is 11.1. The van der Waals surface area contributed by atoms with Crippen LogP contribution in [-0.2, 0) is 4.79 Å². The van der Waals surface area contributed by atoms with Gasteiger partial charge < -0.3 is 5.11 Å². The highest BCUT2D eigenvalue weighted by Gasteiger charge is 2.19. The van der Waals surface area contributed by atoms with Gasteiger partial charge in [0.05, 0.1) is 11.3 Å². The quantitative estimate of drug-likeness (QED) is 0.779. The van der Waals surface area contributed by atoms with Gasteiger partial charge in [0.2, 0.25) is 0 Å². The van der Waals surface area contributed by atoms with Gasteiger partial charge in [0.25, 0.3) is 0 Å². The Hall–Kier alpha value is -1.58. The van der Waals surface area contributed by atoms with Gasteiger partial charge in [-0.3, -0.25) is 0 Å². The first-order chi connectivity index (χ1) is 7.61. The van der Waals surface area contributed by atoms with E-state index in [2.05, 4.69) is 18.9 Å². The molecule has 1 aromatic rings. The van der Waals surface area contributed by atoms with Gasteiger partial charge in [-0.2, -0.15) is 5.10 Å². The molecule has 0 saturated carbocycles. The van der Waals surface area contributed by atoms with Crippen molar-refractivity contribution in [1.82, 2.24) is 9.78 Å². The number of carboxylic acids is 1. The first-order valence-electron chi connectivity index (χ1n) is 5.55. The van der Waals surface area contributed by atoms with Gasteiger partial charge in [-0.15, -0.1) is 0 Å². The number of nitrogens with zero attached hydrogens (tertiary/aromatic N) is 2. The lowest BCUT2D eigenvalue weighted by Gasteiger charge is -2.19. The summed E-state index contributed by atoms with van der Waals surface area (Å²) in [5, 5.41) is 13.2. The van der Waals surface area contributed by atoms with Crippen LogP contribution in [-0.4, -0.2) is 20.9 Å². The van der Waals surface area contributed by atoms with Crippen LogP contribution in [0.4, 0.5) is 0 Å². The summed E-state index contributed by atoms with van der Waals surface area (Å²) in [5.41, 5.74) is 1.17. The Morgan fingerprint density at radius 1 is 1.44 bits per heavy atom. The van der Waals surface area contributed by atoms with Crippen molar-refractivity contribution in [2.45, 2.75) is 33.6 Å². The van der Waals surface area contributed by atoms with Crippen LogP contribution in [0, 0.1) is 5.92 Å². The standard InChI is InChI=1S/C12H18N2O2/c1-4-10(5-2)11(9(3)12(15)16)14-8-6-7-13-14/h6-8,10H,4-5H2,1-3H3,(H,15,16)/b11-9+. The van der Waals surface area contributed by atoms with Crippen LogP contribution in [0.3, 0.4) is 0 Å². The molecule has 0 saturated heterocycles. The first kappa shape index (κ1) is 12.5. The first-order valence-corrected chi connectivity index (χ1v) is 5.55. The Labute approximate surface area is 95.6 Å². The molecule has 0 atom stereocenters. The van der Waals surface area contributed by atoms with Crippen LogP contribution in [0.15, 0.2) is 24.0 Å². The molecule has 0 bridgehead atoms. The molecule has 0 fully saturated rings. The van der Waals surface area contributed by atoms with Gasteiger partial charge in [0.15, 0.2) is 0 Å². The fourth-order valence-electron chi connectivity index (χ4n) is 1.86. The summed E-state index contributed by atoms with van der Waals surface area (Å²) < 4.78 is 1.67. The van der Waals surface area contributed by atoms with E-state index in [1.54, 1.807) is 30.1 Å². The third-order valence-corrected chi connectivity index (χ3v) is 2.83. The monoisotopic (exact) mass is 222 g/mol. The van der Waals surface area contributed by atoms with E-state index >= 15 is 0 Å². The average molecular weight is 222 g/mol. The minimum atomic E-state index is -0.877. The van der Waals surface area contributed by atoms with Gasteiger partial charge in [-0.05, 0) is 25.8 Å². The minimum absolute atomic E-state index is 0.232. The SMILES string of the molecule is CCC(CC)/C(=C(/C)C(=O)O)n1cccn1. The van der Waals surface area contributed by atoms with E-state index in [0.29, 0.717) is 5.57 Å². The van der Waals surface area contributed by atoms with Gasteiger partial charge in [-0.25, -0.2) is 9.48 Å². The van der Waals surface area contributed by atoms with E-state index in [-0.39, 0.29) is 5.92 Å². The van der Waals surface area contributed by atoms with E-state index in [1.807, 2.05) is 0 Å². The molecule has 0 aliphatic heterocycles. The molecule has 0 aromatic carbocycles. The molecule has 88 valence electrons. The molecular weight excluding hydrogens is 204 g/mol. The lowest BCUT2D eigenvalue weighted by molar-refractivity contribution is -0.132. The molecule has 1 heterocycles. The zero-order valence-electron chi connectivity index (χ0n) is 9.97. The topological polar surface area (TPSA) is 55.1 Å². The van der Waals surface area contributed by atoms with E-state index in [4.69, 9.17) is 5.11 Å². The van der Waals surface area contributed by atoms with Crippen LogP contribution < -0.4 is 0 Å². The normalized spacial score (nSPS) is 12.8. The highest BCUT2D eigenvalue weighted by Crippen LogP contribution is 2.26. The van der Waals surface area contributed by atoms with Crippen LogP contribution in [0.25, 0.3) is 5.70 Å². The second kappa shape index (κ2) is 5.49.